The average molecular weight is 461 g/mol. The van der Waals surface area contributed by atoms with Gasteiger partial charge in [0.05, 0.1) is 0 Å². The van der Waals surface area contributed by atoms with Gasteiger partial charge in [-0.3, -0.25) is 19.6 Å². The van der Waals surface area contributed by atoms with E-state index in [0.717, 1.165) is 16.8 Å². The molecule has 0 radical (unpaired) electrons. The maximum Gasteiger partial charge on any atom is 0.274 e. The van der Waals surface area contributed by atoms with Gasteiger partial charge in [-0.15, -0.1) is 0 Å². The highest BCUT2D eigenvalue weighted by Gasteiger charge is 2.20. The van der Waals surface area contributed by atoms with Gasteiger partial charge in [-0.2, -0.15) is 0 Å². The summed E-state index contributed by atoms with van der Waals surface area (Å²) in [5.41, 5.74) is 5.00. The second kappa shape index (κ2) is 11.6. The molecule has 3 aromatic carbocycles. The molecule has 34 heavy (non-hydrogen) atoms. The summed E-state index contributed by atoms with van der Waals surface area (Å²) in [4.78, 5) is 41.0. The van der Waals surface area contributed by atoms with Gasteiger partial charge in [0.15, 0.2) is 0 Å². The van der Waals surface area contributed by atoms with E-state index in [4.69, 9.17) is 5.21 Å². The Bertz CT molecular complexity index is 1110. The number of rotatable bonds is 9. The highest BCUT2D eigenvalue weighted by atomic mass is 16.5. The van der Waals surface area contributed by atoms with Crippen molar-refractivity contribution in [1.29, 1.82) is 0 Å². The van der Waals surface area contributed by atoms with Gasteiger partial charge in [0.1, 0.15) is 6.54 Å². The van der Waals surface area contributed by atoms with Crippen molar-refractivity contribution in [3.8, 4) is 0 Å². The first kappa shape index (κ1) is 24.5. The van der Waals surface area contributed by atoms with Crippen LogP contribution in [0.4, 0.5) is 5.69 Å². The van der Waals surface area contributed by atoms with Crippen molar-refractivity contribution >= 4 is 23.4 Å². The normalized spacial score (nSPS) is 10.3. The van der Waals surface area contributed by atoms with E-state index in [0.29, 0.717) is 12.1 Å². The predicted molar refractivity (Wildman–Crippen MR) is 129 cm³/mol. The molecular weight excluding hydrogens is 432 g/mol. The Morgan fingerprint density at radius 1 is 0.794 bits per heavy atom. The van der Waals surface area contributed by atoms with E-state index in [-0.39, 0.29) is 30.5 Å². The Kier molecular flexibility index (Phi) is 8.37. The molecule has 0 fully saturated rings. The van der Waals surface area contributed by atoms with Crippen LogP contribution in [0, 0.1) is 0 Å². The first-order valence-electron chi connectivity index (χ1n) is 10.8. The summed E-state index contributed by atoms with van der Waals surface area (Å²) in [7, 11) is 3.84. The standard InChI is InChI=1S/C26H28N4O4/c1-29(2)23-14-12-22(13-15-23)26(33)30(17-20-8-10-21(11-9-20)25(32)28-34)18-24(31)27-16-19-6-4-3-5-7-19/h3-15,34H,16-18H2,1-2H3,(H,27,31)(H,28,32). The van der Waals surface area contributed by atoms with Gasteiger partial charge < -0.3 is 15.1 Å². The molecule has 0 spiro atoms. The fourth-order valence-corrected chi connectivity index (χ4v) is 3.36. The largest absolute Gasteiger partial charge is 0.378 e. The fraction of sp³-hybridized carbons (Fsp3) is 0.192. The Morgan fingerprint density at radius 3 is 2.00 bits per heavy atom. The third-order valence-corrected chi connectivity index (χ3v) is 5.28. The summed E-state index contributed by atoms with van der Waals surface area (Å²) in [6.07, 6.45) is 0. The van der Waals surface area contributed by atoms with Crippen LogP contribution < -0.4 is 15.7 Å². The lowest BCUT2D eigenvalue weighted by molar-refractivity contribution is -0.122. The monoisotopic (exact) mass is 460 g/mol. The van der Waals surface area contributed by atoms with Gasteiger partial charge >= 0.3 is 0 Å². The zero-order valence-corrected chi connectivity index (χ0v) is 19.2. The Labute approximate surface area is 198 Å². The molecule has 8 heteroatoms. The molecule has 0 atom stereocenters. The van der Waals surface area contributed by atoms with Gasteiger partial charge in [-0.1, -0.05) is 42.5 Å². The highest BCUT2D eigenvalue weighted by molar-refractivity contribution is 5.97. The van der Waals surface area contributed by atoms with E-state index in [9.17, 15) is 14.4 Å². The van der Waals surface area contributed by atoms with Crippen LogP contribution in [0.3, 0.4) is 0 Å². The molecular formula is C26H28N4O4. The van der Waals surface area contributed by atoms with Crippen LogP contribution in [0.25, 0.3) is 0 Å². The molecule has 0 aliphatic heterocycles. The smallest absolute Gasteiger partial charge is 0.274 e. The van der Waals surface area contributed by atoms with E-state index in [1.54, 1.807) is 41.9 Å². The Morgan fingerprint density at radius 2 is 1.41 bits per heavy atom. The van der Waals surface area contributed by atoms with Crippen LogP contribution in [0.15, 0.2) is 78.9 Å². The summed E-state index contributed by atoms with van der Waals surface area (Å²) in [6, 6.07) is 23.2. The number of nitrogens with one attached hydrogen (secondary N) is 2. The van der Waals surface area contributed by atoms with Gasteiger partial charge in [-0.05, 0) is 47.5 Å². The SMILES string of the molecule is CN(C)c1ccc(C(=O)N(CC(=O)NCc2ccccc2)Cc2ccc(C(=O)NO)cc2)cc1. The van der Waals surface area contributed by atoms with E-state index in [1.807, 2.05) is 61.5 Å². The van der Waals surface area contributed by atoms with Crippen LogP contribution in [0.5, 0.6) is 0 Å². The number of hydrogen-bond acceptors (Lipinski definition) is 5. The summed E-state index contributed by atoms with van der Waals surface area (Å²) in [5.74, 6) is -1.18. The van der Waals surface area contributed by atoms with Gasteiger partial charge in [0.2, 0.25) is 5.91 Å². The number of anilines is 1. The number of hydrogen-bond donors (Lipinski definition) is 3. The van der Waals surface area contributed by atoms with E-state index < -0.39 is 5.91 Å². The van der Waals surface area contributed by atoms with E-state index in [2.05, 4.69) is 5.32 Å². The van der Waals surface area contributed by atoms with Gasteiger partial charge in [0.25, 0.3) is 11.8 Å². The van der Waals surface area contributed by atoms with Crippen LogP contribution in [-0.2, 0) is 17.9 Å². The van der Waals surface area contributed by atoms with Crippen molar-refractivity contribution in [3.63, 3.8) is 0 Å². The van der Waals surface area contributed by atoms with E-state index >= 15 is 0 Å². The topological polar surface area (TPSA) is 102 Å². The van der Waals surface area contributed by atoms with Crippen LogP contribution >= 0.6 is 0 Å². The Balaban J connectivity index is 1.76. The molecule has 0 aromatic heterocycles. The predicted octanol–water partition coefficient (Wildman–Crippen LogP) is 2.83. The van der Waals surface area contributed by atoms with Crippen LogP contribution in [0.2, 0.25) is 0 Å². The average Bonchev–Trinajstić information content (AvgIpc) is 2.87. The zero-order chi connectivity index (χ0) is 24.5. The van der Waals surface area contributed by atoms with E-state index in [1.165, 1.54) is 4.90 Å². The van der Waals surface area contributed by atoms with Crippen LogP contribution in [0.1, 0.15) is 31.8 Å². The first-order valence-corrected chi connectivity index (χ1v) is 10.8. The van der Waals surface area contributed by atoms with Crippen LogP contribution in [-0.4, -0.2) is 48.5 Å². The third kappa shape index (κ3) is 6.66. The second-order valence-electron chi connectivity index (χ2n) is 8.00. The second-order valence-corrected chi connectivity index (χ2v) is 8.00. The molecule has 3 amide bonds. The molecule has 3 aromatic rings. The first-order chi connectivity index (χ1) is 16.4. The zero-order valence-electron chi connectivity index (χ0n) is 19.2. The number of hydroxylamine groups is 1. The summed E-state index contributed by atoms with van der Waals surface area (Å²) < 4.78 is 0. The molecule has 0 saturated carbocycles. The maximum absolute atomic E-state index is 13.3. The lowest BCUT2D eigenvalue weighted by Gasteiger charge is -2.23. The van der Waals surface area contributed by atoms with Crippen molar-refractivity contribution < 1.29 is 19.6 Å². The summed E-state index contributed by atoms with van der Waals surface area (Å²) >= 11 is 0. The van der Waals surface area contributed by atoms with Crippen molar-refractivity contribution in [2.75, 3.05) is 25.5 Å². The third-order valence-electron chi connectivity index (χ3n) is 5.28. The quantitative estimate of drug-likeness (QED) is 0.337. The molecule has 8 nitrogen and oxygen atoms in total. The lowest BCUT2D eigenvalue weighted by Crippen LogP contribution is -2.40. The number of carbonyl (C=O) groups is 3. The number of nitrogens with zero attached hydrogens (tertiary/aromatic N) is 2. The molecule has 176 valence electrons. The maximum atomic E-state index is 13.3. The molecule has 0 aliphatic rings. The molecule has 0 heterocycles. The minimum absolute atomic E-state index is 0.125. The van der Waals surface area contributed by atoms with Gasteiger partial charge in [0, 0.05) is 44.0 Å². The molecule has 0 unspecified atom stereocenters. The van der Waals surface area contributed by atoms with Crippen molar-refractivity contribution in [2.45, 2.75) is 13.1 Å². The molecule has 0 saturated heterocycles. The highest BCUT2D eigenvalue weighted by Crippen LogP contribution is 2.16. The lowest BCUT2D eigenvalue weighted by atomic mass is 10.1. The molecule has 3 rings (SSSR count). The molecule has 3 N–H and O–H groups in total. The van der Waals surface area contributed by atoms with Crippen molar-refractivity contribution in [3.05, 3.63) is 101 Å². The molecule has 0 bridgehead atoms. The van der Waals surface area contributed by atoms with Crippen molar-refractivity contribution in [1.82, 2.24) is 15.7 Å². The van der Waals surface area contributed by atoms with Crippen molar-refractivity contribution in [2.24, 2.45) is 0 Å². The van der Waals surface area contributed by atoms with Gasteiger partial charge in [-0.25, -0.2) is 5.48 Å². The Hall–Kier alpha value is -4.17. The summed E-state index contributed by atoms with van der Waals surface area (Å²) in [6.45, 7) is 0.415. The minimum atomic E-state index is -0.624. The number of benzene rings is 3. The fourth-order valence-electron chi connectivity index (χ4n) is 3.36. The minimum Gasteiger partial charge on any atom is -0.378 e. The number of carbonyl (C=O) groups excluding carboxylic acids is 3. The number of amides is 3. The summed E-state index contributed by atoms with van der Waals surface area (Å²) in [5, 5.41) is 11.6. The molecule has 0 aliphatic carbocycles.